The van der Waals surface area contributed by atoms with Crippen molar-refractivity contribution in [1.82, 2.24) is 9.80 Å². The van der Waals surface area contributed by atoms with Crippen molar-refractivity contribution in [1.29, 1.82) is 0 Å². The average molecular weight is 545 g/mol. The molecular weight excluding hydrogens is 512 g/mol. The van der Waals surface area contributed by atoms with Crippen molar-refractivity contribution in [3.63, 3.8) is 0 Å². The Bertz CT molecular complexity index is 1510. The summed E-state index contributed by atoms with van der Waals surface area (Å²) in [5.41, 5.74) is 2.93. The maximum Gasteiger partial charge on any atom is 0.255 e. The molecule has 0 aliphatic rings. The van der Waals surface area contributed by atoms with Crippen molar-refractivity contribution < 1.29 is 14.0 Å². The Balaban J connectivity index is 1.65. The molecule has 0 aliphatic heterocycles. The monoisotopic (exact) mass is 544 g/mol. The maximum absolute atomic E-state index is 13.8. The van der Waals surface area contributed by atoms with E-state index in [4.69, 9.17) is 16.0 Å². The molecule has 7 heteroatoms. The molecule has 0 bridgehead atoms. The number of hydrogen-bond donors (Lipinski definition) is 0. The summed E-state index contributed by atoms with van der Waals surface area (Å²) in [7, 11) is 0. The lowest BCUT2D eigenvalue weighted by molar-refractivity contribution is -0.133. The number of hydrogen-bond acceptors (Lipinski definition) is 4. The van der Waals surface area contributed by atoms with Gasteiger partial charge in [-0.3, -0.25) is 14.4 Å². The number of carbonyl (C=O) groups is 2. The lowest BCUT2D eigenvalue weighted by Crippen LogP contribution is -2.43. The number of halogens is 1. The predicted octanol–water partition coefficient (Wildman–Crippen LogP) is 6.47. The fourth-order valence-electron chi connectivity index (χ4n) is 4.37. The van der Waals surface area contributed by atoms with Crippen LogP contribution in [0.3, 0.4) is 0 Å². The summed E-state index contributed by atoms with van der Waals surface area (Å²) in [4.78, 5) is 43.8. The Morgan fingerprint density at radius 1 is 0.923 bits per heavy atom. The number of carbonyl (C=O) groups excluding carboxylic acids is 2. The zero-order valence-electron chi connectivity index (χ0n) is 22.5. The molecule has 0 saturated heterocycles. The molecule has 0 N–H and O–H groups in total. The second-order valence-electron chi connectivity index (χ2n) is 10.2. The number of benzene rings is 3. The zero-order chi connectivity index (χ0) is 27.9. The van der Waals surface area contributed by atoms with Crippen molar-refractivity contribution in [3.05, 3.63) is 117 Å². The molecule has 4 rings (SSSR count). The van der Waals surface area contributed by atoms with Gasteiger partial charge in [0.2, 0.25) is 5.91 Å². The van der Waals surface area contributed by atoms with Crippen LogP contribution in [-0.2, 0) is 17.9 Å². The lowest BCUT2D eigenvalue weighted by atomic mass is 10.1. The molecule has 6 nitrogen and oxygen atoms in total. The van der Waals surface area contributed by atoms with Gasteiger partial charge >= 0.3 is 0 Å². The molecule has 39 heavy (non-hydrogen) atoms. The van der Waals surface area contributed by atoms with Crippen LogP contribution >= 0.6 is 11.6 Å². The van der Waals surface area contributed by atoms with Crippen molar-refractivity contribution in [3.8, 4) is 0 Å². The third-order valence-corrected chi connectivity index (χ3v) is 6.95. The van der Waals surface area contributed by atoms with E-state index < -0.39 is 0 Å². The summed E-state index contributed by atoms with van der Waals surface area (Å²) in [6, 6.07) is 21.9. The van der Waals surface area contributed by atoms with Gasteiger partial charge in [-0.1, -0.05) is 79.5 Å². The van der Waals surface area contributed by atoms with Crippen LogP contribution in [0, 0.1) is 12.8 Å². The van der Waals surface area contributed by atoms with Crippen molar-refractivity contribution >= 4 is 34.4 Å². The fourth-order valence-corrected chi connectivity index (χ4v) is 4.59. The first kappa shape index (κ1) is 28.1. The van der Waals surface area contributed by atoms with E-state index in [0.29, 0.717) is 39.6 Å². The first-order valence-electron chi connectivity index (χ1n) is 13.1. The second-order valence-corrected chi connectivity index (χ2v) is 10.6. The summed E-state index contributed by atoms with van der Waals surface area (Å²) in [5.74, 6) is -0.227. The number of rotatable bonds is 10. The van der Waals surface area contributed by atoms with Crippen LogP contribution in [0.4, 0.5) is 0 Å². The summed E-state index contributed by atoms with van der Waals surface area (Å²) >= 11 is 6.33. The van der Waals surface area contributed by atoms with E-state index in [-0.39, 0.29) is 36.9 Å². The third-order valence-electron chi connectivity index (χ3n) is 6.62. The van der Waals surface area contributed by atoms with Gasteiger partial charge in [0, 0.05) is 13.1 Å². The van der Waals surface area contributed by atoms with E-state index in [1.54, 1.807) is 46.2 Å². The van der Waals surface area contributed by atoms with Gasteiger partial charge in [0.05, 0.1) is 34.3 Å². The molecule has 1 heterocycles. The largest absolute Gasteiger partial charge is 0.464 e. The fraction of sp³-hybridized carbons (Fsp3) is 0.281. The highest BCUT2D eigenvalue weighted by molar-refractivity contribution is 6.33. The van der Waals surface area contributed by atoms with Crippen LogP contribution in [0.2, 0.25) is 5.02 Å². The van der Waals surface area contributed by atoms with Crippen LogP contribution in [0.5, 0.6) is 0 Å². The van der Waals surface area contributed by atoms with E-state index in [0.717, 1.165) is 17.5 Å². The van der Waals surface area contributed by atoms with Gasteiger partial charge in [-0.25, -0.2) is 0 Å². The summed E-state index contributed by atoms with van der Waals surface area (Å²) in [6.07, 6.45) is 2.16. The van der Waals surface area contributed by atoms with E-state index in [1.807, 2.05) is 43.3 Å². The maximum atomic E-state index is 13.8. The first-order valence-corrected chi connectivity index (χ1v) is 13.5. The minimum absolute atomic E-state index is 0.0538. The molecule has 0 unspecified atom stereocenters. The Morgan fingerprint density at radius 3 is 2.36 bits per heavy atom. The third kappa shape index (κ3) is 7.15. The molecule has 4 aromatic rings. The number of amides is 2. The highest BCUT2D eigenvalue weighted by Crippen LogP contribution is 2.19. The zero-order valence-corrected chi connectivity index (χ0v) is 23.3. The summed E-state index contributed by atoms with van der Waals surface area (Å²) in [5, 5.41) is 0.821. The molecule has 3 aromatic carbocycles. The van der Waals surface area contributed by atoms with Crippen molar-refractivity contribution in [2.75, 3.05) is 13.1 Å². The van der Waals surface area contributed by atoms with Gasteiger partial charge < -0.3 is 14.2 Å². The Hall–Kier alpha value is -3.90. The molecule has 1 aromatic heterocycles. The molecule has 0 radical (unpaired) electrons. The number of nitrogens with zero attached hydrogens (tertiary/aromatic N) is 2. The van der Waals surface area contributed by atoms with Gasteiger partial charge in [0.15, 0.2) is 5.43 Å². The molecule has 0 spiro atoms. The highest BCUT2D eigenvalue weighted by atomic mass is 35.5. The summed E-state index contributed by atoms with van der Waals surface area (Å²) < 4.78 is 5.75. The Kier molecular flexibility index (Phi) is 9.20. The average Bonchev–Trinajstić information content (AvgIpc) is 2.92. The normalized spacial score (nSPS) is 11.1. The van der Waals surface area contributed by atoms with E-state index in [1.165, 1.54) is 6.26 Å². The molecule has 0 saturated carbocycles. The quantitative estimate of drug-likeness (QED) is 0.229. The number of fused-ring (bicyclic) bond motifs is 1. The van der Waals surface area contributed by atoms with Crippen LogP contribution in [-0.4, -0.2) is 34.7 Å². The standard InChI is InChI=1S/C32H33ClN2O4/c1-22(2)15-16-34(32(38)26-11-7-8-12-28(26)33)20-30(36)35(18-24-9-5-4-6-10-24)19-25-21-39-29-14-13-23(3)17-27(29)31(25)37/h4-14,17,21-22H,15-16,18-20H2,1-3H3. The van der Waals surface area contributed by atoms with Crippen LogP contribution in [0.1, 0.15) is 47.3 Å². The Labute approximate surface area is 233 Å². The van der Waals surface area contributed by atoms with E-state index in [2.05, 4.69) is 13.8 Å². The van der Waals surface area contributed by atoms with Crippen LogP contribution in [0.25, 0.3) is 11.0 Å². The molecule has 0 aliphatic carbocycles. The van der Waals surface area contributed by atoms with Gasteiger partial charge in [-0.05, 0) is 49.1 Å². The lowest BCUT2D eigenvalue weighted by Gasteiger charge is -2.28. The van der Waals surface area contributed by atoms with Crippen LogP contribution < -0.4 is 5.43 Å². The van der Waals surface area contributed by atoms with Gasteiger partial charge in [-0.2, -0.15) is 0 Å². The topological polar surface area (TPSA) is 70.8 Å². The number of aryl methyl sites for hydroxylation is 1. The minimum atomic E-state index is -0.296. The SMILES string of the molecule is Cc1ccc2occ(CN(Cc3ccccc3)C(=O)CN(CCC(C)C)C(=O)c3ccccc3Cl)c(=O)c2c1. The van der Waals surface area contributed by atoms with Gasteiger partial charge in [0.25, 0.3) is 5.91 Å². The van der Waals surface area contributed by atoms with Crippen molar-refractivity contribution in [2.45, 2.75) is 40.3 Å². The molecule has 2 amide bonds. The van der Waals surface area contributed by atoms with Crippen LogP contribution in [0.15, 0.2) is 88.3 Å². The smallest absolute Gasteiger partial charge is 0.255 e. The molecular formula is C32H33ClN2O4. The second kappa shape index (κ2) is 12.8. The van der Waals surface area contributed by atoms with Crippen molar-refractivity contribution in [2.24, 2.45) is 5.92 Å². The molecule has 0 fully saturated rings. The highest BCUT2D eigenvalue weighted by Gasteiger charge is 2.25. The molecule has 202 valence electrons. The first-order chi connectivity index (χ1) is 18.7. The molecule has 0 atom stereocenters. The Morgan fingerprint density at radius 2 is 1.64 bits per heavy atom. The van der Waals surface area contributed by atoms with E-state index in [9.17, 15) is 14.4 Å². The van der Waals surface area contributed by atoms with Gasteiger partial charge in [0.1, 0.15) is 12.1 Å². The minimum Gasteiger partial charge on any atom is -0.464 e. The van der Waals surface area contributed by atoms with Gasteiger partial charge in [-0.15, -0.1) is 0 Å². The predicted molar refractivity (Wildman–Crippen MR) is 155 cm³/mol. The van der Waals surface area contributed by atoms with E-state index >= 15 is 0 Å². The summed E-state index contributed by atoms with van der Waals surface area (Å²) in [6.45, 7) is 6.66.